The first kappa shape index (κ1) is 14.9. The molecule has 2 aromatic rings. The molecule has 0 unspecified atom stereocenters. The summed E-state index contributed by atoms with van der Waals surface area (Å²) in [5, 5.41) is 14.8. The number of rotatable bonds is 6. The van der Waals surface area contributed by atoms with Crippen LogP contribution in [0, 0.1) is 10.1 Å². The Bertz CT molecular complexity index is 742. The second-order valence-corrected chi connectivity index (χ2v) is 5.89. The third-order valence-electron chi connectivity index (χ3n) is 2.66. The van der Waals surface area contributed by atoms with Crippen molar-refractivity contribution >= 4 is 21.4 Å². The molecule has 3 N–H and O–H groups in total. The lowest BCUT2D eigenvalue weighted by Gasteiger charge is -2.08. The van der Waals surface area contributed by atoms with Crippen molar-refractivity contribution in [2.45, 2.75) is 11.4 Å². The minimum atomic E-state index is -4.02. The number of aromatic nitrogens is 2. The van der Waals surface area contributed by atoms with Crippen molar-refractivity contribution < 1.29 is 13.3 Å². The highest BCUT2D eigenvalue weighted by Crippen LogP contribution is 2.25. The Morgan fingerprint density at radius 3 is 2.81 bits per heavy atom. The fourth-order valence-corrected chi connectivity index (χ4v) is 2.93. The number of nitrogens with two attached hydrogens (primary N) is 1. The van der Waals surface area contributed by atoms with Gasteiger partial charge in [0, 0.05) is 30.7 Å². The summed E-state index contributed by atoms with van der Waals surface area (Å²) in [6.07, 6.45) is 3.24. The van der Waals surface area contributed by atoms with Gasteiger partial charge in [-0.3, -0.25) is 14.8 Å². The first-order valence-electron chi connectivity index (χ1n) is 5.91. The Balaban J connectivity index is 2.19. The molecule has 0 aliphatic heterocycles. The third-order valence-corrected chi connectivity index (χ3v) is 4.15. The van der Waals surface area contributed by atoms with Gasteiger partial charge >= 0.3 is 0 Å². The van der Waals surface area contributed by atoms with Crippen molar-refractivity contribution in [1.82, 2.24) is 14.5 Å². The van der Waals surface area contributed by atoms with Gasteiger partial charge in [0.1, 0.15) is 0 Å². The maximum absolute atomic E-state index is 12.1. The molecule has 10 heteroatoms. The molecule has 0 spiro atoms. The Morgan fingerprint density at radius 2 is 2.19 bits per heavy atom. The Morgan fingerprint density at radius 1 is 1.43 bits per heavy atom. The molecule has 2 rings (SSSR count). The van der Waals surface area contributed by atoms with Gasteiger partial charge in [0.15, 0.2) is 4.90 Å². The highest BCUT2D eigenvalue weighted by Gasteiger charge is 2.25. The van der Waals surface area contributed by atoms with Gasteiger partial charge in [0.05, 0.1) is 11.5 Å². The van der Waals surface area contributed by atoms with E-state index in [0.29, 0.717) is 6.54 Å². The van der Waals surface area contributed by atoms with Crippen LogP contribution in [0.25, 0.3) is 0 Å². The molecule has 0 radical (unpaired) electrons. The minimum Gasteiger partial charge on any atom is -0.399 e. The van der Waals surface area contributed by atoms with E-state index in [2.05, 4.69) is 9.82 Å². The third kappa shape index (κ3) is 3.55. The monoisotopic (exact) mass is 311 g/mol. The van der Waals surface area contributed by atoms with E-state index in [-0.39, 0.29) is 12.2 Å². The van der Waals surface area contributed by atoms with E-state index in [0.717, 1.165) is 12.1 Å². The average molecular weight is 311 g/mol. The van der Waals surface area contributed by atoms with Crippen molar-refractivity contribution in [3.63, 3.8) is 0 Å². The first-order valence-corrected chi connectivity index (χ1v) is 7.39. The van der Waals surface area contributed by atoms with Gasteiger partial charge in [-0.25, -0.2) is 13.1 Å². The molecule has 0 aliphatic rings. The van der Waals surface area contributed by atoms with Crippen molar-refractivity contribution in [1.29, 1.82) is 0 Å². The number of hydrogen-bond acceptors (Lipinski definition) is 6. The largest absolute Gasteiger partial charge is 0.399 e. The smallest absolute Gasteiger partial charge is 0.289 e. The zero-order chi connectivity index (χ0) is 15.5. The Kier molecular flexibility index (Phi) is 4.19. The molecule has 0 bridgehead atoms. The van der Waals surface area contributed by atoms with Crippen LogP contribution < -0.4 is 10.5 Å². The fraction of sp³-hybridized carbons (Fsp3) is 0.182. The van der Waals surface area contributed by atoms with E-state index in [1.54, 1.807) is 18.5 Å². The quantitative estimate of drug-likeness (QED) is 0.449. The first-order chi connectivity index (χ1) is 9.90. The van der Waals surface area contributed by atoms with E-state index in [1.165, 1.54) is 10.7 Å². The summed E-state index contributed by atoms with van der Waals surface area (Å²) in [5.41, 5.74) is 5.12. The molecule has 0 saturated heterocycles. The van der Waals surface area contributed by atoms with Crippen molar-refractivity contribution in [2.24, 2.45) is 0 Å². The van der Waals surface area contributed by atoms with E-state index < -0.39 is 25.5 Å². The van der Waals surface area contributed by atoms with Gasteiger partial charge in [-0.2, -0.15) is 5.10 Å². The Labute approximate surface area is 120 Å². The molecular formula is C11H13N5O4S. The number of hydrogen-bond donors (Lipinski definition) is 2. The van der Waals surface area contributed by atoms with Gasteiger partial charge in [-0.15, -0.1) is 0 Å². The zero-order valence-electron chi connectivity index (χ0n) is 10.8. The molecule has 9 nitrogen and oxygen atoms in total. The molecule has 112 valence electrons. The van der Waals surface area contributed by atoms with Crippen LogP contribution in [0.4, 0.5) is 11.4 Å². The molecule has 0 aliphatic carbocycles. The number of nitro benzene ring substituents is 1. The van der Waals surface area contributed by atoms with Crippen LogP contribution in [0.15, 0.2) is 41.6 Å². The summed E-state index contributed by atoms with van der Waals surface area (Å²) in [6.45, 7) is 0.359. The lowest BCUT2D eigenvalue weighted by molar-refractivity contribution is -0.387. The summed E-state index contributed by atoms with van der Waals surface area (Å²) in [7, 11) is -4.02. The molecule has 1 heterocycles. The lowest BCUT2D eigenvalue weighted by atomic mass is 10.3. The van der Waals surface area contributed by atoms with Gasteiger partial charge in [-0.05, 0) is 18.2 Å². The summed E-state index contributed by atoms with van der Waals surface area (Å²) in [4.78, 5) is 9.69. The maximum Gasteiger partial charge on any atom is 0.289 e. The number of nitrogen functional groups attached to an aromatic ring is 1. The van der Waals surface area contributed by atoms with E-state index in [4.69, 9.17) is 5.73 Å². The lowest BCUT2D eigenvalue weighted by Crippen LogP contribution is -2.28. The summed E-state index contributed by atoms with van der Waals surface area (Å²) < 4.78 is 28.1. The van der Waals surface area contributed by atoms with Crippen LogP contribution in [-0.2, 0) is 16.6 Å². The zero-order valence-corrected chi connectivity index (χ0v) is 11.7. The second-order valence-electron chi connectivity index (χ2n) is 4.15. The van der Waals surface area contributed by atoms with Crippen LogP contribution in [0.3, 0.4) is 0 Å². The standard InChI is InChI=1S/C11H13N5O4S/c12-9-2-3-10(16(17)18)11(8-9)21(19,20)14-5-7-15-6-1-4-13-15/h1-4,6,8,14H,5,7,12H2. The van der Waals surface area contributed by atoms with Crippen molar-refractivity contribution in [3.05, 3.63) is 46.8 Å². The van der Waals surface area contributed by atoms with Crippen LogP contribution in [0.5, 0.6) is 0 Å². The summed E-state index contributed by atoms with van der Waals surface area (Å²) >= 11 is 0. The SMILES string of the molecule is Nc1ccc([N+](=O)[O-])c(S(=O)(=O)NCCn2cccn2)c1. The normalized spacial score (nSPS) is 11.4. The van der Waals surface area contributed by atoms with E-state index >= 15 is 0 Å². The summed E-state index contributed by atoms with van der Waals surface area (Å²) in [6, 6.07) is 5.11. The number of nitro groups is 1. The molecule has 0 saturated carbocycles. The number of benzene rings is 1. The topological polar surface area (TPSA) is 133 Å². The van der Waals surface area contributed by atoms with Gasteiger partial charge in [0.25, 0.3) is 5.69 Å². The highest BCUT2D eigenvalue weighted by molar-refractivity contribution is 7.89. The molecule has 1 aromatic carbocycles. The molecule has 0 atom stereocenters. The van der Waals surface area contributed by atoms with Crippen LogP contribution in [0.1, 0.15) is 0 Å². The van der Waals surface area contributed by atoms with Crippen LogP contribution in [-0.4, -0.2) is 29.7 Å². The minimum absolute atomic E-state index is 0.0516. The fourth-order valence-electron chi connectivity index (χ4n) is 1.70. The van der Waals surface area contributed by atoms with E-state index in [1.807, 2.05) is 0 Å². The van der Waals surface area contributed by atoms with Crippen molar-refractivity contribution in [3.8, 4) is 0 Å². The maximum atomic E-state index is 12.1. The number of nitrogens with zero attached hydrogens (tertiary/aromatic N) is 3. The molecule has 1 aromatic heterocycles. The van der Waals surface area contributed by atoms with E-state index in [9.17, 15) is 18.5 Å². The predicted octanol–water partition coefficient (Wildman–Crippen LogP) is 0.352. The Hall–Kier alpha value is -2.46. The predicted molar refractivity (Wildman–Crippen MR) is 74.9 cm³/mol. The molecule has 21 heavy (non-hydrogen) atoms. The second kappa shape index (κ2) is 5.89. The van der Waals surface area contributed by atoms with Gasteiger partial charge < -0.3 is 5.73 Å². The van der Waals surface area contributed by atoms with Gasteiger partial charge in [-0.1, -0.05) is 0 Å². The van der Waals surface area contributed by atoms with Crippen LogP contribution in [0.2, 0.25) is 0 Å². The highest BCUT2D eigenvalue weighted by atomic mass is 32.2. The molecule has 0 fully saturated rings. The molecular weight excluding hydrogens is 298 g/mol. The molecule has 0 amide bonds. The number of anilines is 1. The number of nitrogens with one attached hydrogen (secondary N) is 1. The average Bonchev–Trinajstić information content (AvgIpc) is 2.91. The van der Waals surface area contributed by atoms with Gasteiger partial charge in [0.2, 0.25) is 10.0 Å². The number of sulfonamides is 1. The van der Waals surface area contributed by atoms with Crippen LogP contribution >= 0.6 is 0 Å². The van der Waals surface area contributed by atoms with Crippen molar-refractivity contribution in [2.75, 3.05) is 12.3 Å². The summed E-state index contributed by atoms with van der Waals surface area (Å²) in [5.74, 6) is 0.